The lowest BCUT2D eigenvalue weighted by atomic mass is 10.2. The van der Waals surface area contributed by atoms with Crippen molar-refractivity contribution in [3.63, 3.8) is 0 Å². The number of carbonyl (C=O) groups excluding carboxylic acids is 1. The van der Waals surface area contributed by atoms with Crippen molar-refractivity contribution in [2.45, 2.75) is 13.0 Å². The van der Waals surface area contributed by atoms with Crippen molar-refractivity contribution in [1.29, 1.82) is 0 Å². The fourth-order valence-electron chi connectivity index (χ4n) is 0.923. The van der Waals surface area contributed by atoms with E-state index in [1.807, 2.05) is 0 Å². The van der Waals surface area contributed by atoms with E-state index in [0.717, 1.165) is 0 Å². The first-order chi connectivity index (χ1) is 7.00. The lowest BCUT2D eigenvalue weighted by Gasteiger charge is -2.06. The molecule has 0 fully saturated rings. The monoisotopic (exact) mass is 244 g/mol. The van der Waals surface area contributed by atoms with Crippen LogP contribution < -0.4 is 23.5 Å². The summed E-state index contributed by atoms with van der Waals surface area (Å²) in [6, 6.07) is 4.94. The first-order valence-corrected chi connectivity index (χ1v) is 4.31. The van der Waals surface area contributed by atoms with Crippen molar-refractivity contribution in [1.82, 2.24) is 0 Å². The lowest BCUT2D eigenvalue weighted by Crippen LogP contribution is -3.00. The number of carbonyl (C=O) groups is 1. The normalized spacial score (nSPS) is 11.1. The molecule has 0 heterocycles. The highest BCUT2D eigenvalue weighted by Crippen LogP contribution is 2.15. The van der Waals surface area contributed by atoms with E-state index in [1.165, 1.54) is 24.3 Å². The van der Waals surface area contributed by atoms with E-state index < -0.39 is 11.0 Å². The molecular formula is C9H11ClN3O3-. The molecule has 3 N–H and O–H groups in total. The van der Waals surface area contributed by atoms with Gasteiger partial charge in [0.05, 0.1) is 11.0 Å². The Morgan fingerprint density at radius 1 is 1.44 bits per heavy atom. The number of nitro benzene ring substituents is 1. The number of halogens is 1. The standard InChI is InChI=1S/C9H11N3O3.ClH/c1-6(10)9(13)11-7-2-4-8(5-3-7)12(14)15;/h2-6H,10H2,1H3,(H,11,13);1H/p-1. The maximum Gasteiger partial charge on any atom is 0.269 e. The van der Waals surface area contributed by atoms with Crippen LogP contribution >= 0.6 is 0 Å². The summed E-state index contributed by atoms with van der Waals surface area (Å²) in [5.74, 6) is -0.330. The van der Waals surface area contributed by atoms with Crippen LogP contribution in [0.2, 0.25) is 0 Å². The Morgan fingerprint density at radius 2 is 1.94 bits per heavy atom. The van der Waals surface area contributed by atoms with Gasteiger partial charge in [-0.25, -0.2) is 0 Å². The van der Waals surface area contributed by atoms with Crippen LogP contribution in [-0.2, 0) is 4.79 Å². The molecule has 1 aromatic carbocycles. The van der Waals surface area contributed by atoms with E-state index in [4.69, 9.17) is 5.73 Å². The third-order valence-electron chi connectivity index (χ3n) is 1.76. The molecule has 0 aliphatic heterocycles. The Bertz CT molecular complexity index is 378. The summed E-state index contributed by atoms with van der Waals surface area (Å²) in [6.07, 6.45) is 0. The third kappa shape index (κ3) is 3.84. The smallest absolute Gasteiger partial charge is 0.269 e. The predicted octanol–water partition coefficient (Wildman–Crippen LogP) is -2.12. The van der Waals surface area contributed by atoms with Crippen LogP contribution in [0.25, 0.3) is 0 Å². The van der Waals surface area contributed by atoms with Crippen LogP contribution in [0.4, 0.5) is 11.4 Å². The van der Waals surface area contributed by atoms with Crippen LogP contribution in [-0.4, -0.2) is 16.9 Å². The van der Waals surface area contributed by atoms with Gasteiger partial charge in [-0.3, -0.25) is 14.9 Å². The molecule has 0 saturated carbocycles. The highest BCUT2D eigenvalue weighted by atomic mass is 35.5. The zero-order valence-electron chi connectivity index (χ0n) is 8.51. The number of rotatable bonds is 3. The molecule has 0 spiro atoms. The number of anilines is 1. The van der Waals surface area contributed by atoms with E-state index in [2.05, 4.69) is 5.32 Å². The number of nitro groups is 1. The molecule has 0 aliphatic carbocycles. The van der Waals surface area contributed by atoms with Crippen molar-refractivity contribution >= 4 is 17.3 Å². The van der Waals surface area contributed by atoms with E-state index >= 15 is 0 Å². The quantitative estimate of drug-likeness (QED) is 0.469. The van der Waals surface area contributed by atoms with Gasteiger partial charge < -0.3 is 23.5 Å². The lowest BCUT2D eigenvalue weighted by molar-refractivity contribution is -0.384. The molecule has 0 aromatic heterocycles. The number of hydrogen-bond acceptors (Lipinski definition) is 4. The Kier molecular flexibility index (Phi) is 5.41. The Balaban J connectivity index is 0.00000225. The van der Waals surface area contributed by atoms with Gasteiger partial charge in [-0.2, -0.15) is 0 Å². The van der Waals surface area contributed by atoms with Gasteiger partial charge in [0.25, 0.3) is 5.69 Å². The molecule has 1 unspecified atom stereocenters. The van der Waals surface area contributed by atoms with Gasteiger partial charge in [-0.15, -0.1) is 0 Å². The molecule has 1 aromatic rings. The fraction of sp³-hybridized carbons (Fsp3) is 0.222. The average molecular weight is 245 g/mol. The highest BCUT2D eigenvalue weighted by molar-refractivity contribution is 5.94. The molecule has 6 nitrogen and oxygen atoms in total. The molecule has 0 aliphatic rings. The van der Waals surface area contributed by atoms with Crippen molar-refractivity contribution in [3.8, 4) is 0 Å². The zero-order chi connectivity index (χ0) is 11.4. The molecule has 1 atom stereocenters. The van der Waals surface area contributed by atoms with Gasteiger partial charge >= 0.3 is 0 Å². The molecule has 7 heteroatoms. The minimum Gasteiger partial charge on any atom is -1.00 e. The summed E-state index contributed by atoms with van der Waals surface area (Å²) >= 11 is 0. The topological polar surface area (TPSA) is 98.3 Å². The number of nitrogens with zero attached hydrogens (tertiary/aromatic N) is 1. The Morgan fingerprint density at radius 3 is 2.31 bits per heavy atom. The summed E-state index contributed by atoms with van der Waals surface area (Å²) in [5.41, 5.74) is 5.81. The maximum atomic E-state index is 11.2. The fourth-order valence-corrected chi connectivity index (χ4v) is 0.923. The minimum atomic E-state index is -0.611. The number of amides is 1. The summed E-state index contributed by atoms with van der Waals surface area (Å²) in [4.78, 5) is 21.0. The molecule has 16 heavy (non-hydrogen) atoms. The number of nitrogens with two attached hydrogens (primary N) is 1. The minimum absolute atomic E-state index is 0. The second kappa shape index (κ2) is 6.04. The molecule has 1 amide bonds. The van der Waals surface area contributed by atoms with Gasteiger partial charge in [0.15, 0.2) is 0 Å². The number of non-ortho nitro benzene ring substituents is 1. The van der Waals surface area contributed by atoms with Crippen molar-refractivity contribution < 1.29 is 22.1 Å². The van der Waals surface area contributed by atoms with Gasteiger partial charge in [0.2, 0.25) is 5.91 Å². The van der Waals surface area contributed by atoms with Gasteiger partial charge in [0.1, 0.15) is 0 Å². The van der Waals surface area contributed by atoms with Gasteiger partial charge in [-0.05, 0) is 19.1 Å². The van der Waals surface area contributed by atoms with Crippen LogP contribution in [0.1, 0.15) is 6.92 Å². The first kappa shape index (κ1) is 14.3. The second-order valence-corrected chi connectivity index (χ2v) is 3.08. The zero-order valence-corrected chi connectivity index (χ0v) is 9.27. The van der Waals surface area contributed by atoms with Crippen LogP contribution in [0.5, 0.6) is 0 Å². The summed E-state index contributed by atoms with van der Waals surface area (Å²) in [6.45, 7) is 1.56. The molecular weight excluding hydrogens is 234 g/mol. The van der Waals surface area contributed by atoms with Gasteiger partial charge in [-0.1, -0.05) is 0 Å². The first-order valence-electron chi connectivity index (χ1n) is 4.31. The largest absolute Gasteiger partial charge is 1.00 e. The van der Waals surface area contributed by atoms with Crippen LogP contribution in [0, 0.1) is 10.1 Å². The summed E-state index contributed by atoms with van der Waals surface area (Å²) in [5, 5.41) is 12.9. The molecule has 88 valence electrons. The van der Waals surface area contributed by atoms with E-state index in [9.17, 15) is 14.9 Å². The number of hydrogen-bond donors (Lipinski definition) is 2. The number of nitrogens with one attached hydrogen (secondary N) is 1. The van der Waals surface area contributed by atoms with E-state index in [1.54, 1.807) is 6.92 Å². The van der Waals surface area contributed by atoms with E-state index in [-0.39, 0.29) is 24.0 Å². The number of benzene rings is 1. The van der Waals surface area contributed by atoms with Crippen molar-refractivity contribution in [3.05, 3.63) is 34.4 Å². The van der Waals surface area contributed by atoms with Crippen molar-refractivity contribution in [2.75, 3.05) is 5.32 Å². The van der Waals surface area contributed by atoms with Crippen molar-refractivity contribution in [2.24, 2.45) is 5.73 Å². The van der Waals surface area contributed by atoms with E-state index in [0.29, 0.717) is 5.69 Å². The maximum absolute atomic E-state index is 11.2. The predicted molar refractivity (Wildman–Crippen MR) is 55.4 cm³/mol. The Labute approximate surface area is 98.4 Å². The highest BCUT2D eigenvalue weighted by Gasteiger charge is 2.08. The second-order valence-electron chi connectivity index (χ2n) is 3.08. The molecule has 1 rings (SSSR count). The average Bonchev–Trinajstić information content (AvgIpc) is 2.18. The molecule has 0 radical (unpaired) electrons. The van der Waals surface area contributed by atoms with Gasteiger partial charge in [0, 0.05) is 17.8 Å². The Hall–Kier alpha value is -1.66. The molecule has 0 bridgehead atoms. The molecule has 0 saturated heterocycles. The SMILES string of the molecule is CC(N)C(=O)Nc1ccc([N+](=O)[O-])cc1.[Cl-]. The summed E-state index contributed by atoms with van der Waals surface area (Å²) < 4.78 is 0. The van der Waals surface area contributed by atoms with Crippen LogP contribution in [0.15, 0.2) is 24.3 Å². The summed E-state index contributed by atoms with van der Waals surface area (Å²) in [7, 11) is 0. The van der Waals surface area contributed by atoms with Crippen LogP contribution in [0.3, 0.4) is 0 Å². The third-order valence-corrected chi connectivity index (χ3v) is 1.76.